The lowest BCUT2D eigenvalue weighted by Crippen LogP contribution is -2.12. The van der Waals surface area contributed by atoms with Crippen LogP contribution in [0.15, 0.2) is 81.6 Å². The van der Waals surface area contributed by atoms with Crippen molar-refractivity contribution in [3.8, 4) is 45.5 Å². The van der Waals surface area contributed by atoms with E-state index in [2.05, 4.69) is 65.8 Å². The third-order valence-electron chi connectivity index (χ3n) is 7.63. The van der Waals surface area contributed by atoms with Gasteiger partial charge in [0.05, 0.1) is 14.2 Å². The van der Waals surface area contributed by atoms with E-state index in [0.29, 0.717) is 11.8 Å². The molecule has 0 radical (unpaired) electrons. The highest BCUT2D eigenvalue weighted by Crippen LogP contribution is 2.38. The molecule has 6 nitrogen and oxygen atoms in total. The maximum Gasteiger partial charge on any atom is 0.227 e. The number of oxazole rings is 2. The van der Waals surface area contributed by atoms with Crippen molar-refractivity contribution in [1.82, 2.24) is 9.97 Å². The molecule has 2 aromatic heterocycles. The first kappa shape index (κ1) is 27.6. The second-order valence-corrected chi connectivity index (χ2v) is 12.7. The Balaban J connectivity index is 1.26. The summed E-state index contributed by atoms with van der Waals surface area (Å²) < 4.78 is 23.6. The molecule has 0 amide bonds. The molecule has 0 atom stereocenters. The maximum absolute atomic E-state index is 6.17. The van der Waals surface area contributed by atoms with E-state index < -0.39 is 0 Å². The summed E-state index contributed by atoms with van der Waals surface area (Å²) in [4.78, 5) is 9.48. The Morgan fingerprint density at radius 2 is 0.833 bits per heavy atom. The maximum atomic E-state index is 6.17. The molecule has 0 unspecified atom stereocenters. The summed E-state index contributed by atoms with van der Waals surface area (Å²) in [6, 6.07) is 24.5. The summed E-state index contributed by atoms with van der Waals surface area (Å²) in [5, 5.41) is 0. The lowest BCUT2D eigenvalue weighted by molar-refractivity contribution is 0.398. The van der Waals surface area contributed by atoms with Crippen molar-refractivity contribution in [3.63, 3.8) is 0 Å². The first-order valence-electron chi connectivity index (χ1n) is 14.1. The number of ether oxygens (including phenoxy) is 2. The molecule has 0 fully saturated rings. The topological polar surface area (TPSA) is 70.5 Å². The lowest BCUT2D eigenvalue weighted by atomic mass is 9.86. The van der Waals surface area contributed by atoms with Crippen molar-refractivity contribution < 1.29 is 18.3 Å². The number of methoxy groups -OCH3 is 2. The lowest BCUT2D eigenvalue weighted by Gasteiger charge is -2.21. The van der Waals surface area contributed by atoms with Crippen molar-refractivity contribution in [2.24, 2.45) is 0 Å². The van der Waals surface area contributed by atoms with Crippen LogP contribution in [0.2, 0.25) is 0 Å². The fourth-order valence-corrected chi connectivity index (χ4v) is 5.28. The molecule has 214 valence electrons. The molecule has 42 heavy (non-hydrogen) atoms. The predicted octanol–water partition coefficient (Wildman–Crippen LogP) is 9.58. The van der Waals surface area contributed by atoms with Crippen molar-refractivity contribution >= 4 is 22.2 Å². The predicted molar refractivity (Wildman–Crippen MR) is 168 cm³/mol. The average Bonchev–Trinajstić information content (AvgIpc) is 3.58. The number of hydrogen-bond donors (Lipinski definition) is 0. The van der Waals surface area contributed by atoms with Gasteiger partial charge >= 0.3 is 0 Å². The van der Waals surface area contributed by atoms with Crippen LogP contribution in [-0.2, 0) is 10.8 Å². The van der Waals surface area contributed by atoms with Crippen LogP contribution in [0.3, 0.4) is 0 Å². The summed E-state index contributed by atoms with van der Waals surface area (Å²) in [6.07, 6.45) is 0. The summed E-state index contributed by atoms with van der Waals surface area (Å²) in [5.41, 5.74) is 9.11. The van der Waals surface area contributed by atoms with Gasteiger partial charge in [-0.1, -0.05) is 65.8 Å². The van der Waals surface area contributed by atoms with Gasteiger partial charge in [-0.2, -0.15) is 0 Å². The number of hydrogen-bond acceptors (Lipinski definition) is 6. The number of aromatic nitrogens is 2. The third kappa shape index (κ3) is 5.02. The largest absolute Gasteiger partial charge is 0.496 e. The molecular formula is C36H36N2O4. The van der Waals surface area contributed by atoms with E-state index in [1.165, 1.54) is 0 Å². The van der Waals surface area contributed by atoms with Crippen molar-refractivity contribution in [2.45, 2.75) is 52.4 Å². The van der Waals surface area contributed by atoms with Crippen LogP contribution < -0.4 is 9.47 Å². The second kappa shape index (κ2) is 10.1. The number of fused-ring (bicyclic) bond motifs is 2. The molecule has 0 spiro atoms. The van der Waals surface area contributed by atoms with E-state index in [0.717, 1.165) is 67.1 Å². The van der Waals surface area contributed by atoms with Crippen LogP contribution in [0.1, 0.15) is 52.7 Å². The minimum Gasteiger partial charge on any atom is -0.496 e. The van der Waals surface area contributed by atoms with Gasteiger partial charge in [0.2, 0.25) is 11.8 Å². The molecule has 0 N–H and O–H groups in total. The smallest absolute Gasteiger partial charge is 0.227 e. The van der Waals surface area contributed by atoms with Gasteiger partial charge in [-0.25, -0.2) is 9.97 Å². The zero-order valence-electron chi connectivity index (χ0n) is 25.5. The highest BCUT2D eigenvalue weighted by atomic mass is 16.5. The Hall–Kier alpha value is -4.58. The Labute approximate surface area is 246 Å². The van der Waals surface area contributed by atoms with Gasteiger partial charge in [-0.3, -0.25) is 0 Å². The summed E-state index contributed by atoms with van der Waals surface area (Å²) >= 11 is 0. The molecular weight excluding hydrogens is 524 g/mol. The van der Waals surface area contributed by atoms with E-state index in [4.69, 9.17) is 28.3 Å². The van der Waals surface area contributed by atoms with Crippen LogP contribution in [0.25, 0.3) is 56.2 Å². The number of benzene rings is 4. The zero-order valence-corrected chi connectivity index (χ0v) is 25.5. The van der Waals surface area contributed by atoms with Gasteiger partial charge < -0.3 is 18.3 Å². The van der Waals surface area contributed by atoms with Crippen molar-refractivity contribution in [3.05, 3.63) is 83.9 Å². The Kier molecular flexibility index (Phi) is 6.60. The van der Waals surface area contributed by atoms with E-state index >= 15 is 0 Å². The molecule has 2 heterocycles. The standard InChI is InChI=1S/C36H36N2O4/c1-35(2,3)25-17-31-27(19-29(25)39-7)37-33(41-31)23-13-9-21(10-14-23)22-11-15-24(16-12-22)34-38-28-20-30(40-8)26(36(4,5)6)18-32(28)42-34/h9-20H,1-8H3. The van der Waals surface area contributed by atoms with Gasteiger partial charge in [0.25, 0.3) is 0 Å². The Morgan fingerprint density at radius 3 is 1.14 bits per heavy atom. The van der Waals surface area contributed by atoms with Gasteiger partial charge in [-0.05, 0) is 58.4 Å². The molecule has 0 saturated heterocycles. The summed E-state index contributed by atoms with van der Waals surface area (Å²) in [7, 11) is 3.38. The third-order valence-corrected chi connectivity index (χ3v) is 7.63. The van der Waals surface area contributed by atoms with E-state index in [-0.39, 0.29) is 10.8 Å². The molecule has 0 bridgehead atoms. The summed E-state index contributed by atoms with van der Waals surface area (Å²) in [5.74, 6) is 2.81. The summed E-state index contributed by atoms with van der Waals surface area (Å²) in [6.45, 7) is 13.0. The van der Waals surface area contributed by atoms with Gasteiger partial charge in [0.1, 0.15) is 22.5 Å². The molecule has 6 aromatic rings. The highest BCUT2D eigenvalue weighted by Gasteiger charge is 2.23. The SMILES string of the molecule is COc1cc2nc(-c3ccc(-c4ccc(-c5nc6cc(OC)c(C(C)(C)C)cc6o5)cc4)cc3)oc2cc1C(C)(C)C. The first-order chi connectivity index (χ1) is 19.9. The molecule has 0 aliphatic rings. The minimum atomic E-state index is -0.0759. The van der Waals surface area contributed by atoms with Crippen LogP contribution >= 0.6 is 0 Å². The van der Waals surface area contributed by atoms with Crippen molar-refractivity contribution in [1.29, 1.82) is 0 Å². The normalized spacial score (nSPS) is 12.3. The molecule has 6 rings (SSSR count). The molecule has 0 aliphatic carbocycles. The molecule has 4 aromatic carbocycles. The minimum absolute atomic E-state index is 0.0759. The highest BCUT2D eigenvalue weighted by molar-refractivity contribution is 5.81. The molecule has 6 heteroatoms. The Bertz CT molecular complexity index is 1760. The van der Waals surface area contributed by atoms with Gasteiger partial charge in [0, 0.05) is 34.4 Å². The van der Waals surface area contributed by atoms with E-state index in [1.54, 1.807) is 14.2 Å². The molecule has 0 aliphatic heterocycles. The Morgan fingerprint density at radius 1 is 0.500 bits per heavy atom. The van der Waals surface area contributed by atoms with Crippen LogP contribution in [0, 0.1) is 0 Å². The van der Waals surface area contributed by atoms with Gasteiger partial charge in [-0.15, -0.1) is 0 Å². The van der Waals surface area contributed by atoms with E-state index in [1.807, 2.05) is 48.5 Å². The number of rotatable bonds is 5. The molecule has 0 saturated carbocycles. The van der Waals surface area contributed by atoms with Crippen molar-refractivity contribution in [2.75, 3.05) is 14.2 Å². The van der Waals surface area contributed by atoms with Crippen LogP contribution in [-0.4, -0.2) is 24.2 Å². The first-order valence-corrected chi connectivity index (χ1v) is 14.1. The average molecular weight is 561 g/mol. The van der Waals surface area contributed by atoms with Crippen LogP contribution in [0.4, 0.5) is 0 Å². The van der Waals surface area contributed by atoms with Gasteiger partial charge in [0.15, 0.2) is 11.2 Å². The second-order valence-electron chi connectivity index (χ2n) is 12.7. The monoisotopic (exact) mass is 560 g/mol. The fourth-order valence-electron chi connectivity index (χ4n) is 5.28. The quantitative estimate of drug-likeness (QED) is 0.209. The van der Waals surface area contributed by atoms with E-state index in [9.17, 15) is 0 Å². The number of nitrogens with zero attached hydrogens (tertiary/aromatic N) is 2. The van der Waals surface area contributed by atoms with Crippen LogP contribution in [0.5, 0.6) is 11.5 Å². The zero-order chi connectivity index (χ0) is 29.8. The fraction of sp³-hybridized carbons (Fsp3) is 0.278.